The van der Waals surface area contributed by atoms with Gasteiger partial charge in [0.2, 0.25) is 0 Å². The van der Waals surface area contributed by atoms with Gasteiger partial charge in [-0.1, -0.05) is 20.8 Å². The third-order valence-corrected chi connectivity index (χ3v) is 6.45. The molecule has 3 unspecified atom stereocenters. The monoisotopic (exact) mass is 295 g/mol. The molecule has 3 rings (SSSR count). The fourth-order valence-corrected chi connectivity index (χ4v) is 4.64. The molecule has 20 heavy (non-hydrogen) atoms. The highest BCUT2D eigenvalue weighted by Crippen LogP contribution is 2.57. The maximum Gasteiger partial charge on any atom is 0.107 e. The SMILES string of the molecule is CCc1cnc(CNCC2(N)C3CCOC3C2(C)C)s1. The van der Waals surface area contributed by atoms with Gasteiger partial charge in [0.25, 0.3) is 0 Å². The van der Waals surface area contributed by atoms with Crippen LogP contribution in [0.5, 0.6) is 0 Å². The Hall–Kier alpha value is -0.490. The average Bonchev–Trinajstić information content (AvgIpc) is 3.06. The highest BCUT2D eigenvalue weighted by atomic mass is 32.1. The highest BCUT2D eigenvalue weighted by molar-refractivity contribution is 7.11. The van der Waals surface area contributed by atoms with Crippen LogP contribution in [0.2, 0.25) is 0 Å². The van der Waals surface area contributed by atoms with Gasteiger partial charge in [0.1, 0.15) is 5.01 Å². The molecule has 0 aromatic carbocycles. The van der Waals surface area contributed by atoms with Gasteiger partial charge in [-0.15, -0.1) is 11.3 Å². The zero-order chi connectivity index (χ0) is 14.4. The van der Waals surface area contributed by atoms with Crippen molar-refractivity contribution in [2.75, 3.05) is 13.2 Å². The number of aromatic nitrogens is 1. The summed E-state index contributed by atoms with van der Waals surface area (Å²) in [6.07, 6.45) is 4.49. The van der Waals surface area contributed by atoms with E-state index in [0.29, 0.717) is 12.0 Å². The van der Waals surface area contributed by atoms with Crippen molar-refractivity contribution in [3.05, 3.63) is 16.1 Å². The van der Waals surface area contributed by atoms with Crippen molar-refractivity contribution in [3.8, 4) is 0 Å². The number of nitrogens with one attached hydrogen (secondary N) is 1. The molecule has 3 N–H and O–H groups in total. The molecule has 2 heterocycles. The molecule has 2 aliphatic rings. The van der Waals surface area contributed by atoms with Crippen LogP contribution in [0, 0.1) is 11.3 Å². The van der Waals surface area contributed by atoms with Crippen molar-refractivity contribution in [1.29, 1.82) is 0 Å². The summed E-state index contributed by atoms with van der Waals surface area (Å²) >= 11 is 1.79. The van der Waals surface area contributed by atoms with Crippen molar-refractivity contribution >= 4 is 11.3 Å². The van der Waals surface area contributed by atoms with E-state index in [9.17, 15) is 0 Å². The van der Waals surface area contributed by atoms with Crippen LogP contribution >= 0.6 is 11.3 Å². The molecule has 0 radical (unpaired) electrons. The molecule has 112 valence electrons. The maximum absolute atomic E-state index is 6.70. The fourth-order valence-electron chi connectivity index (χ4n) is 3.80. The second-order valence-electron chi connectivity index (χ2n) is 6.63. The standard InChI is InChI=1S/C15H25N3OS/c1-4-10-7-18-12(20-10)8-17-9-15(16)11-5-6-19-13(11)14(15,2)3/h7,11,13,17H,4-6,8-9,16H2,1-3H3. The molecule has 0 bridgehead atoms. The minimum absolute atomic E-state index is 0.0542. The quantitative estimate of drug-likeness (QED) is 0.871. The summed E-state index contributed by atoms with van der Waals surface area (Å²) in [5.74, 6) is 0.507. The number of hydrogen-bond donors (Lipinski definition) is 2. The van der Waals surface area contributed by atoms with Gasteiger partial charge in [0.05, 0.1) is 6.10 Å². The molecule has 0 spiro atoms. The third-order valence-electron chi connectivity index (χ3n) is 5.31. The van der Waals surface area contributed by atoms with Gasteiger partial charge >= 0.3 is 0 Å². The zero-order valence-electron chi connectivity index (χ0n) is 12.6. The van der Waals surface area contributed by atoms with Crippen LogP contribution < -0.4 is 11.1 Å². The number of rotatable bonds is 5. The van der Waals surface area contributed by atoms with Crippen molar-refractivity contribution < 1.29 is 4.74 Å². The molecule has 1 saturated carbocycles. The van der Waals surface area contributed by atoms with Crippen LogP contribution in [0.1, 0.15) is 37.1 Å². The van der Waals surface area contributed by atoms with Gasteiger partial charge in [-0.25, -0.2) is 4.98 Å². The van der Waals surface area contributed by atoms with Crippen LogP contribution in [-0.4, -0.2) is 29.8 Å². The van der Waals surface area contributed by atoms with E-state index in [-0.39, 0.29) is 11.0 Å². The lowest BCUT2D eigenvalue weighted by atomic mass is 9.48. The first-order chi connectivity index (χ1) is 9.49. The number of ether oxygens (including phenoxy) is 1. The maximum atomic E-state index is 6.70. The largest absolute Gasteiger partial charge is 0.377 e. The summed E-state index contributed by atoms with van der Waals surface area (Å²) < 4.78 is 5.83. The fraction of sp³-hybridized carbons (Fsp3) is 0.800. The number of nitrogens with zero attached hydrogens (tertiary/aromatic N) is 1. The molecule has 1 aliphatic carbocycles. The summed E-state index contributed by atoms with van der Waals surface area (Å²) in [7, 11) is 0. The van der Waals surface area contributed by atoms with E-state index in [1.165, 1.54) is 4.88 Å². The third kappa shape index (κ3) is 2.03. The lowest BCUT2D eigenvalue weighted by molar-refractivity contribution is -0.153. The topological polar surface area (TPSA) is 60.2 Å². The molecule has 3 atom stereocenters. The minimum Gasteiger partial charge on any atom is -0.377 e. The van der Waals surface area contributed by atoms with E-state index < -0.39 is 0 Å². The second kappa shape index (κ2) is 5.05. The Morgan fingerprint density at radius 3 is 3.05 bits per heavy atom. The van der Waals surface area contributed by atoms with Crippen LogP contribution in [0.15, 0.2) is 6.20 Å². The number of aryl methyl sites for hydroxylation is 1. The van der Waals surface area contributed by atoms with E-state index in [1.807, 2.05) is 6.20 Å². The Balaban J connectivity index is 1.58. The summed E-state index contributed by atoms with van der Waals surface area (Å²) in [6, 6.07) is 0. The molecule has 1 aromatic heterocycles. The van der Waals surface area contributed by atoms with Gasteiger partial charge in [-0.3, -0.25) is 0 Å². The second-order valence-corrected chi connectivity index (χ2v) is 7.83. The molecule has 4 nitrogen and oxygen atoms in total. The van der Waals surface area contributed by atoms with Crippen molar-refractivity contribution in [2.24, 2.45) is 17.1 Å². The Bertz CT molecular complexity index is 487. The van der Waals surface area contributed by atoms with Gasteiger partial charge < -0.3 is 15.8 Å². The lowest BCUT2D eigenvalue weighted by Crippen LogP contribution is -2.77. The Morgan fingerprint density at radius 2 is 2.35 bits per heavy atom. The summed E-state index contributed by atoms with van der Waals surface area (Å²) in [4.78, 5) is 5.79. The molecule has 1 aliphatic heterocycles. The highest BCUT2D eigenvalue weighted by Gasteiger charge is 2.67. The molecular weight excluding hydrogens is 270 g/mol. The number of thiazole rings is 1. The van der Waals surface area contributed by atoms with E-state index in [2.05, 4.69) is 31.1 Å². The van der Waals surface area contributed by atoms with Gasteiger partial charge in [-0.05, 0) is 12.8 Å². The van der Waals surface area contributed by atoms with Crippen LogP contribution in [0.25, 0.3) is 0 Å². The first-order valence-corrected chi connectivity index (χ1v) is 8.35. The Labute approximate surface area is 125 Å². The molecular formula is C15H25N3OS. The van der Waals surface area contributed by atoms with E-state index in [0.717, 1.165) is 37.5 Å². The predicted octanol–water partition coefficient (Wildman–Crippen LogP) is 1.94. The van der Waals surface area contributed by atoms with E-state index in [1.54, 1.807) is 11.3 Å². The van der Waals surface area contributed by atoms with Gasteiger partial charge in [-0.2, -0.15) is 0 Å². The van der Waals surface area contributed by atoms with Crippen molar-refractivity contribution in [3.63, 3.8) is 0 Å². The lowest BCUT2D eigenvalue weighted by Gasteiger charge is -2.62. The minimum atomic E-state index is -0.154. The van der Waals surface area contributed by atoms with Crippen LogP contribution in [0.4, 0.5) is 0 Å². The zero-order valence-corrected chi connectivity index (χ0v) is 13.4. The smallest absolute Gasteiger partial charge is 0.107 e. The van der Waals surface area contributed by atoms with Crippen molar-refractivity contribution in [1.82, 2.24) is 10.3 Å². The normalized spacial score (nSPS) is 34.8. The summed E-state index contributed by atoms with van der Waals surface area (Å²) in [6.45, 7) is 9.16. The molecule has 0 amide bonds. The average molecular weight is 295 g/mol. The predicted molar refractivity (Wildman–Crippen MR) is 81.7 cm³/mol. The van der Waals surface area contributed by atoms with E-state index in [4.69, 9.17) is 10.5 Å². The number of fused-ring (bicyclic) bond motifs is 1. The molecule has 2 fully saturated rings. The summed E-state index contributed by atoms with van der Waals surface area (Å²) in [5.41, 5.74) is 6.60. The molecule has 1 saturated heterocycles. The van der Waals surface area contributed by atoms with Crippen LogP contribution in [0.3, 0.4) is 0 Å². The first kappa shape index (κ1) is 14.4. The first-order valence-electron chi connectivity index (χ1n) is 7.54. The molecule has 5 heteroatoms. The number of nitrogens with two attached hydrogens (primary N) is 1. The van der Waals surface area contributed by atoms with Gasteiger partial charge in [0.15, 0.2) is 0 Å². The van der Waals surface area contributed by atoms with Gasteiger partial charge in [0, 0.05) is 47.6 Å². The number of hydrogen-bond acceptors (Lipinski definition) is 5. The Morgan fingerprint density at radius 1 is 1.55 bits per heavy atom. The Kier molecular flexibility index (Phi) is 3.65. The van der Waals surface area contributed by atoms with Crippen LogP contribution in [-0.2, 0) is 17.7 Å². The molecule has 1 aromatic rings. The van der Waals surface area contributed by atoms with Crippen molar-refractivity contribution in [2.45, 2.75) is 51.8 Å². The van der Waals surface area contributed by atoms with E-state index >= 15 is 0 Å². The summed E-state index contributed by atoms with van der Waals surface area (Å²) in [5, 5.41) is 4.67.